The summed E-state index contributed by atoms with van der Waals surface area (Å²) in [5.74, 6) is -0.0882. The Kier molecular flexibility index (Phi) is 7.14. The molecule has 1 aromatic heterocycles. The fourth-order valence-electron chi connectivity index (χ4n) is 5.37. The van der Waals surface area contributed by atoms with Gasteiger partial charge in [-0.2, -0.15) is 13.2 Å². The van der Waals surface area contributed by atoms with Gasteiger partial charge >= 0.3 is 6.18 Å². The van der Waals surface area contributed by atoms with Gasteiger partial charge in [0.25, 0.3) is 0 Å². The molecule has 4 rings (SSSR count). The Morgan fingerprint density at radius 2 is 1.86 bits per heavy atom. The summed E-state index contributed by atoms with van der Waals surface area (Å²) >= 11 is 0. The van der Waals surface area contributed by atoms with Crippen LogP contribution in [0.5, 0.6) is 0 Å². The molecule has 2 aromatic rings. The van der Waals surface area contributed by atoms with Crippen molar-refractivity contribution in [3.63, 3.8) is 0 Å². The predicted molar refractivity (Wildman–Crippen MR) is 130 cm³/mol. The predicted octanol–water partition coefficient (Wildman–Crippen LogP) is 3.48. The third kappa shape index (κ3) is 5.88. The molecule has 36 heavy (non-hydrogen) atoms. The van der Waals surface area contributed by atoms with Gasteiger partial charge in [-0.1, -0.05) is 0 Å². The number of nitrogens with one attached hydrogen (secondary N) is 3. The summed E-state index contributed by atoms with van der Waals surface area (Å²) in [6.45, 7) is 8.26. The molecular formula is C25H33F3N6O2. The second-order valence-corrected chi connectivity index (χ2v) is 10.7. The van der Waals surface area contributed by atoms with Crippen LogP contribution in [-0.2, 0) is 15.8 Å². The van der Waals surface area contributed by atoms with E-state index in [1.54, 1.807) is 4.90 Å². The summed E-state index contributed by atoms with van der Waals surface area (Å²) in [5.41, 5.74) is -0.507. The molecule has 1 saturated heterocycles. The first kappa shape index (κ1) is 26.1. The van der Waals surface area contributed by atoms with Gasteiger partial charge in [-0.05, 0) is 64.7 Å². The standard InChI is InChI=1S/C25H33F3N6O2/c1-14(35)31-20-12-16(33-24(2,3)4)6-8-21(20)34-10-9-19(23(34)36)32-22-17-11-15(25(26,27)28)5-7-18(17)29-13-30-22/h5,7,11,13,16,19-21,33H,6,8-10,12H2,1-4H3,(H,31,35)(H,29,30,32)/t16?,19-,20+,21-/m0/s1. The SMILES string of the molecule is CC(=O)N[C@@H]1CC(NC(C)(C)C)CC[C@@H]1N1CC[C@H](Nc2ncnc3ccc(C(F)(F)F)cc23)C1=O. The van der Waals surface area contributed by atoms with Crippen LogP contribution >= 0.6 is 0 Å². The fraction of sp³-hybridized carbons (Fsp3) is 0.600. The Bertz CT molecular complexity index is 1130. The van der Waals surface area contributed by atoms with Crippen molar-refractivity contribution in [2.75, 3.05) is 11.9 Å². The zero-order chi connectivity index (χ0) is 26.3. The summed E-state index contributed by atoms with van der Waals surface area (Å²) in [4.78, 5) is 35.4. The number of hydrogen-bond acceptors (Lipinski definition) is 6. The highest BCUT2D eigenvalue weighted by Gasteiger charge is 2.42. The number of rotatable bonds is 5. The quantitative estimate of drug-likeness (QED) is 0.575. The zero-order valence-corrected chi connectivity index (χ0v) is 20.9. The molecule has 2 amide bonds. The molecule has 1 aromatic carbocycles. The number of fused-ring (bicyclic) bond motifs is 1. The Morgan fingerprint density at radius 3 is 2.53 bits per heavy atom. The molecule has 0 bridgehead atoms. The number of aromatic nitrogens is 2. The monoisotopic (exact) mass is 506 g/mol. The lowest BCUT2D eigenvalue weighted by Gasteiger charge is -2.43. The van der Waals surface area contributed by atoms with E-state index in [2.05, 4.69) is 46.7 Å². The molecule has 2 aliphatic rings. The lowest BCUT2D eigenvalue weighted by molar-refractivity contribution is -0.137. The zero-order valence-electron chi connectivity index (χ0n) is 20.9. The van der Waals surface area contributed by atoms with Gasteiger partial charge in [0.15, 0.2) is 0 Å². The maximum atomic E-state index is 13.4. The number of anilines is 1. The van der Waals surface area contributed by atoms with Crippen LogP contribution in [0.4, 0.5) is 19.0 Å². The van der Waals surface area contributed by atoms with E-state index in [4.69, 9.17) is 0 Å². The molecule has 4 atom stereocenters. The number of halogens is 3. The van der Waals surface area contributed by atoms with Gasteiger partial charge in [-0.15, -0.1) is 0 Å². The van der Waals surface area contributed by atoms with Crippen molar-refractivity contribution >= 4 is 28.5 Å². The van der Waals surface area contributed by atoms with Crippen molar-refractivity contribution in [1.29, 1.82) is 0 Å². The van der Waals surface area contributed by atoms with E-state index in [0.29, 0.717) is 24.9 Å². The van der Waals surface area contributed by atoms with Gasteiger partial charge in [-0.3, -0.25) is 9.59 Å². The number of amides is 2. The van der Waals surface area contributed by atoms with Crippen LogP contribution in [-0.4, -0.2) is 62.9 Å². The molecule has 1 saturated carbocycles. The Hall–Kier alpha value is -2.95. The minimum absolute atomic E-state index is 0.0664. The second-order valence-electron chi connectivity index (χ2n) is 10.7. The van der Waals surface area contributed by atoms with E-state index in [9.17, 15) is 22.8 Å². The summed E-state index contributed by atoms with van der Waals surface area (Å²) in [7, 11) is 0. The lowest BCUT2D eigenvalue weighted by Crippen LogP contribution is -2.59. The normalized spacial score (nSPS) is 25.3. The maximum absolute atomic E-state index is 13.4. The van der Waals surface area contributed by atoms with Crippen LogP contribution in [0.1, 0.15) is 58.9 Å². The number of nitrogens with zero attached hydrogens (tertiary/aromatic N) is 3. The van der Waals surface area contributed by atoms with E-state index in [0.717, 1.165) is 25.0 Å². The van der Waals surface area contributed by atoms with Gasteiger partial charge in [-0.25, -0.2) is 9.97 Å². The highest BCUT2D eigenvalue weighted by molar-refractivity contribution is 5.93. The number of hydrogen-bond donors (Lipinski definition) is 3. The Labute approximate surface area is 208 Å². The van der Waals surface area contributed by atoms with E-state index in [1.807, 2.05) is 0 Å². The fourth-order valence-corrected chi connectivity index (χ4v) is 5.37. The smallest absolute Gasteiger partial charge is 0.358 e. The van der Waals surface area contributed by atoms with E-state index in [-0.39, 0.29) is 46.7 Å². The number of likely N-dealkylation sites (tertiary alicyclic amines) is 1. The Balaban J connectivity index is 1.51. The average molecular weight is 507 g/mol. The van der Waals surface area contributed by atoms with Crippen LogP contribution in [0.2, 0.25) is 0 Å². The van der Waals surface area contributed by atoms with Crippen molar-refractivity contribution in [2.45, 2.75) is 89.3 Å². The van der Waals surface area contributed by atoms with Crippen molar-refractivity contribution < 1.29 is 22.8 Å². The third-order valence-corrected chi connectivity index (χ3v) is 6.75. The summed E-state index contributed by atoms with van der Waals surface area (Å²) in [5, 5.41) is 9.91. The van der Waals surface area contributed by atoms with Crippen LogP contribution in [0, 0.1) is 0 Å². The molecular weight excluding hydrogens is 473 g/mol. The second kappa shape index (κ2) is 9.84. The van der Waals surface area contributed by atoms with E-state index < -0.39 is 17.8 Å². The highest BCUT2D eigenvalue weighted by Crippen LogP contribution is 2.34. The Morgan fingerprint density at radius 1 is 1.11 bits per heavy atom. The first-order chi connectivity index (χ1) is 16.8. The van der Waals surface area contributed by atoms with Gasteiger partial charge in [0.1, 0.15) is 18.2 Å². The van der Waals surface area contributed by atoms with Crippen molar-refractivity contribution in [2.24, 2.45) is 0 Å². The number of carbonyl (C=O) groups excluding carboxylic acids is 2. The third-order valence-electron chi connectivity index (χ3n) is 6.75. The molecule has 3 N–H and O–H groups in total. The molecule has 0 radical (unpaired) electrons. The van der Waals surface area contributed by atoms with Gasteiger partial charge in [0.05, 0.1) is 23.2 Å². The van der Waals surface area contributed by atoms with Crippen LogP contribution in [0.3, 0.4) is 0 Å². The van der Waals surface area contributed by atoms with Crippen molar-refractivity contribution in [3.8, 4) is 0 Å². The molecule has 1 unspecified atom stereocenters. The first-order valence-electron chi connectivity index (χ1n) is 12.3. The largest absolute Gasteiger partial charge is 0.416 e. The maximum Gasteiger partial charge on any atom is 0.416 e. The molecule has 0 spiro atoms. The van der Waals surface area contributed by atoms with Gasteiger partial charge in [0.2, 0.25) is 11.8 Å². The summed E-state index contributed by atoms with van der Waals surface area (Å²) in [6.07, 6.45) is -0.429. The van der Waals surface area contributed by atoms with Gasteiger partial charge < -0.3 is 20.9 Å². The molecule has 1 aliphatic heterocycles. The molecule has 2 heterocycles. The lowest BCUT2D eigenvalue weighted by atomic mass is 9.84. The topological polar surface area (TPSA) is 99.2 Å². The average Bonchev–Trinajstić information content (AvgIpc) is 3.11. The minimum atomic E-state index is -4.50. The number of carbonyl (C=O) groups is 2. The first-order valence-corrected chi connectivity index (χ1v) is 12.3. The summed E-state index contributed by atoms with van der Waals surface area (Å²) < 4.78 is 39.8. The van der Waals surface area contributed by atoms with E-state index >= 15 is 0 Å². The van der Waals surface area contributed by atoms with Crippen LogP contribution < -0.4 is 16.0 Å². The van der Waals surface area contributed by atoms with Gasteiger partial charge in [0, 0.05) is 30.4 Å². The number of benzene rings is 1. The number of alkyl halides is 3. The summed E-state index contributed by atoms with van der Waals surface area (Å²) in [6, 6.07) is 2.55. The van der Waals surface area contributed by atoms with E-state index in [1.165, 1.54) is 19.3 Å². The molecule has 196 valence electrons. The molecule has 8 nitrogen and oxygen atoms in total. The van der Waals surface area contributed by atoms with Crippen molar-refractivity contribution in [1.82, 2.24) is 25.5 Å². The minimum Gasteiger partial charge on any atom is -0.358 e. The molecule has 11 heteroatoms. The van der Waals surface area contributed by atoms with Crippen molar-refractivity contribution in [3.05, 3.63) is 30.1 Å². The highest BCUT2D eigenvalue weighted by atomic mass is 19.4. The van der Waals surface area contributed by atoms with Crippen LogP contribution in [0.15, 0.2) is 24.5 Å². The molecule has 1 aliphatic carbocycles. The molecule has 2 fully saturated rings. The van der Waals surface area contributed by atoms with Crippen LogP contribution in [0.25, 0.3) is 10.9 Å².